The van der Waals surface area contributed by atoms with Gasteiger partial charge in [0, 0.05) is 10.4 Å². The molecule has 2 rings (SSSR count). The molecule has 0 aliphatic carbocycles. The Bertz CT molecular complexity index is 579. The van der Waals surface area contributed by atoms with E-state index in [2.05, 4.69) is 0 Å². The highest BCUT2D eigenvalue weighted by molar-refractivity contribution is 6.31. The number of hydrogen-bond acceptors (Lipinski definition) is 3. The topological polar surface area (TPSA) is 60.7 Å². The number of aromatic hydroxyl groups is 1. The van der Waals surface area contributed by atoms with Crippen LogP contribution in [-0.4, -0.2) is 28.5 Å². The average molecular weight is 293 g/mol. The summed E-state index contributed by atoms with van der Waals surface area (Å²) in [6.45, 7) is -0.466. The summed E-state index contributed by atoms with van der Waals surface area (Å²) in [7, 11) is 0. The summed E-state index contributed by atoms with van der Waals surface area (Å²) in [4.78, 5) is 0. The van der Waals surface area contributed by atoms with Gasteiger partial charge in [-0.1, -0.05) is 41.9 Å². The van der Waals surface area contributed by atoms with Crippen LogP contribution in [0.2, 0.25) is 5.02 Å². The second-order valence-electron chi connectivity index (χ2n) is 4.92. The largest absolute Gasteiger partial charge is 0.508 e. The van der Waals surface area contributed by atoms with Gasteiger partial charge < -0.3 is 15.3 Å². The highest BCUT2D eigenvalue weighted by atomic mass is 35.5. The molecule has 3 N–H and O–H groups in total. The monoisotopic (exact) mass is 292 g/mol. The summed E-state index contributed by atoms with van der Waals surface area (Å²) in [5, 5.41) is 29.6. The third-order valence-corrected chi connectivity index (χ3v) is 3.83. The molecule has 0 fully saturated rings. The molecule has 0 spiro atoms. The van der Waals surface area contributed by atoms with Crippen molar-refractivity contribution in [3.63, 3.8) is 0 Å². The van der Waals surface area contributed by atoms with Gasteiger partial charge in [0.05, 0.1) is 13.2 Å². The summed E-state index contributed by atoms with van der Waals surface area (Å²) in [5.41, 5.74) is 0.662. The van der Waals surface area contributed by atoms with Gasteiger partial charge in [-0.2, -0.15) is 0 Å². The minimum atomic E-state index is -0.869. The first kappa shape index (κ1) is 14.9. The zero-order valence-corrected chi connectivity index (χ0v) is 11.7. The first-order chi connectivity index (χ1) is 9.61. The molecule has 2 aromatic carbocycles. The van der Waals surface area contributed by atoms with Crippen molar-refractivity contribution in [3.05, 3.63) is 64.7 Å². The first-order valence-corrected chi connectivity index (χ1v) is 6.74. The molecule has 0 aliphatic rings. The van der Waals surface area contributed by atoms with Crippen molar-refractivity contribution in [2.24, 2.45) is 0 Å². The number of phenols is 1. The Labute approximate surface area is 123 Å². The fourth-order valence-electron chi connectivity index (χ4n) is 2.38. The number of halogens is 1. The van der Waals surface area contributed by atoms with Crippen LogP contribution in [0.4, 0.5) is 0 Å². The molecule has 0 amide bonds. The van der Waals surface area contributed by atoms with Gasteiger partial charge >= 0.3 is 0 Å². The average Bonchev–Trinajstić information content (AvgIpc) is 2.46. The molecule has 0 aliphatic heterocycles. The van der Waals surface area contributed by atoms with E-state index in [1.807, 2.05) is 12.1 Å². The maximum Gasteiger partial charge on any atom is 0.115 e. The molecular formula is C16H17ClO3. The molecular weight excluding hydrogens is 276 g/mol. The van der Waals surface area contributed by atoms with Crippen LogP contribution in [0.1, 0.15) is 11.1 Å². The van der Waals surface area contributed by atoms with Crippen LogP contribution in [0.5, 0.6) is 5.75 Å². The van der Waals surface area contributed by atoms with Crippen molar-refractivity contribution in [2.75, 3.05) is 13.2 Å². The predicted octanol–water partition coefficient (Wildman–Crippen LogP) is 2.51. The van der Waals surface area contributed by atoms with E-state index in [1.165, 1.54) is 0 Å². The van der Waals surface area contributed by atoms with Crippen LogP contribution < -0.4 is 0 Å². The normalized spacial score (nSPS) is 11.6. The number of aliphatic hydroxyl groups is 2. The zero-order chi connectivity index (χ0) is 14.6. The first-order valence-electron chi connectivity index (χ1n) is 6.36. The molecule has 106 valence electrons. The van der Waals surface area contributed by atoms with Crippen molar-refractivity contribution in [1.82, 2.24) is 0 Å². The van der Waals surface area contributed by atoms with Gasteiger partial charge in [-0.25, -0.2) is 0 Å². The van der Waals surface area contributed by atoms with Crippen LogP contribution >= 0.6 is 11.6 Å². The minimum Gasteiger partial charge on any atom is -0.508 e. The molecule has 0 atom stereocenters. The Kier molecular flexibility index (Phi) is 4.65. The third-order valence-electron chi connectivity index (χ3n) is 3.50. The zero-order valence-electron chi connectivity index (χ0n) is 11.0. The van der Waals surface area contributed by atoms with Crippen LogP contribution in [0.25, 0.3) is 0 Å². The van der Waals surface area contributed by atoms with Crippen LogP contribution in [0.3, 0.4) is 0 Å². The SMILES string of the molecule is OCC(CO)(Cc1cccc(O)c1)c1ccccc1Cl. The summed E-state index contributed by atoms with van der Waals surface area (Å²) >= 11 is 6.19. The van der Waals surface area contributed by atoms with Crippen molar-refractivity contribution in [2.45, 2.75) is 11.8 Å². The molecule has 0 saturated heterocycles. The highest BCUT2D eigenvalue weighted by Gasteiger charge is 2.33. The number of phenolic OH excluding ortho intramolecular Hbond substituents is 1. The molecule has 0 heterocycles. The van der Waals surface area contributed by atoms with Gasteiger partial charge in [0.2, 0.25) is 0 Å². The van der Waals surface area contributed by atoms with E-state index in [9.17, 15) is 15.3 Å². The van der Waals surface area contributed by atoms with Crippen molar-refractivity contribution in [1.29, 1.82) is 0 Å². The molecule has 2 aromatic rings. The number of benzene rings is 2. The lowest BCUT2D eigenvalue weighted by molar-refractivity contribution is 0.116. The standard InChI is InChI=1S/C16H17ClO3/c17-15-7-2-1-6-14(15)16(10-18,11-19)9-12-4-3-5-13(20)8-12/h1-8,18-20H,9-11H2. The molecule has 4 heteroatoms. The van der Waals surface area contributed by atoms with Gasteiger partial charge in [-0.15, -0.1) is 0 Å². The summed E-state index contributed by atoms with van der Waals surface area (Å²) in [6, 6.07) is 13.9. The molecule has 20 heavy (non-hydrogen) atoms. The highest BCUT2D eigenvalue weighted by Crippen LogP contribution is 2.33. The maximum atomic E-state index is 9.80. The molecule has 0 unspecified atom stereocenters. The predicted molar refractivity (Wildman–Crippen MR) is 79.1 cm³/mol. The smallest absolute Gasteiger partial charge is 0.115 e. The van der Waals surface area contributed by atoms with Gasteiger partial charge in [0.15, 0.2) is 0 Å². The van der Waals surface area contributed by atoms with Gasteiger partial charge in [-0.05, 0) is 35.7 Å². The molecule has 3 nitrogen and oxygen atoms in total. The lowest BCUT2D eigenvalue weighted by Crippen LogP contribution is -2.37. The lowest BCUT2D eigenvalue weighted by Gasteiger charge is -2.31. The fourth-order valence-corrected chi connectivity index (χ4v) is 2.71. The molecule has 0 bridgehead atoms. The quantitative estimate of drug-likeness (QED) is 0.793. The van der Waals surface area contributed by atoms with E-state index < -0.39 is 5.41 Å². The van der Waals surface area contributed by atoms with Gasteiger partial charge in [-0.3, -0.25) is 0 Å². The van der Waals surface area contributed by atoms with Crippen molar-refractivity contribution in [3.8, 4) is 5.75 Å². The Morgan fingerprint density at radius 2 is 1.65 bits per heavy atom. The minimum absolute atomic E-state index is 0.159. The molecule has 0 radical (unpaired) electrons. The van der Waals surface area contributed by atoms with E-state index in [0.717, 1.165) is 5.56 Å². The van der Waals surface area contributed by atoms with Gasteiger partial charge in [0.25, 0.3) is 0 Å². The third kappa shape index (κ3) is 2.96. The van der Waals surface area contributed by atoms with Crippen LogP contribution in [-0.2, 0) is 11.8 Å². The lowest BCUT2D eigenvalue weighted by atomic mass is 9.77. The number of aliphatic hydroxyl groups excluding tert-OH is 2. The Hall–Kier alpha value is -1.55. The number of hydrogen-bond donors (Lipinski definition) is 3. The second-order valence-corrected chi connectivity index (χ2v) is 5.33. The van der Waals surface area contributed by atoms with E-state index >= 15 is 0 Å². The Morgan fingerprint density at radius 3 is 2.25 bits per heavy atom. The summed E-state index contributed by atoms with van der Waals surface area (Å²) in [5.74, 6) is 0.159. The number of rotatable bonds is 5. The van der Waals surface area contributed by atoms with Crippen LogP contribution in [0.15, 0.2) is 48.5 Å². The van der Waals surface area contributed by atoms with E-state index in [4.69, 9.17) is 11.6 Å². The van der Waals surface area contributed by atoms with Crippen LogP contribution in [0, 0.1) is 0 Å². The van der Waals surface area contributed by atoms with Crippen molar-refractivity contribution >= 4 is 11.6 Å². The van der Waals surface area contributed by atoms with Gasteiger partial charge in [0.1, 0.15) is 5.75 Å². The Balaban J connectivity index is 2.42. The van der Waals surface area contributed by atoms with E-state index in [-0.39, 0.29) is 19.0 Å². The fraction of sp³-hybridized carbons (Fsp3) is 0.250. The summed E-state index contributed by atoms with van der Waals surface area (Å²) in [6.07, 6.45) is 0.387. The Morgan fingerprint density at radius 1 is 0.950 bits per heavy atom. The maximum absolute atomic E-state index is 9.80. The van der Waals surface area contributed by atoms with E-state index in [1.54, 1.807) is 36.4 Å². The van der Waals surface area contributed by atoms with Crippen molar-refractivity contribution < 1.29 is 15.3 Å². The molecule has 0 aromatic heterocycles. The second kappa shape index (κ2) is 6.27. The van der Waals surface area contributed by atoms with E-state index in [0.29, 0.717) is 17.0 Å². The molecule has 0 saturated carbocycles. The summed E-state index contributed by atoms with van der Waals surface area (Å²) < 4.78 is 0.